The smallest absolute Gasteiger partial charge is 0.338 e. The van der Waals surface area contributed by atoms with E-state index in [-0.39, 0.29) is 23.7 Å². The number of nitrogens with zero attached hydrogens (tertiary/aromatic N) is 1. The first-order chi connectivity index (χ1) is 21.2. The molecule has 7 rings (SSSR count). The molecule has 3 amide bonds. The second kappa shape index (κ2) is 11.7. The van der Waals surface area contributed by atoms with Gasteiger partial charge in [0.25, 0.3) is 5.91 Å². The van der Waals surface area contributed by atoms with Crippen molar-refractivity contribution < 1.29 is 33.4 Å². The Hall–Kier alpha value is -4.79. The molecular formula is C35H34N2O7. The molecule has 0 radical (unpaired) electrons. The molecule has 1 fully saturated rings. The average Bonchev–Trinajstić information content (AvgIpc) is 3.29. The van der Waals surface area contributed by atoms with Crippen molar-refractivity contribution in [2.45, 2.75) is 45.1 Å². The summed E-state index contributed by atoms with van der Waals surface area (Å²) in [5.41, 5.74) is 4.95. The Kier molecular flexibility index (Phi) is 7.80. The van der Waals surface area contributed by atoms with Crippen LogP contribution in [0.3, 0.4) is 0 Å². The maximum atomic E-state index is 14.1. The van der Waals surface area contributed by atoms with Crippen LogP contribution in [0.4, 0.5) is 5.69 Å². The Morgan fingerprint density at radius 3 is 1.73 bits per heavy atom. The number of esters is 2. The van der Waals surface area contributed by atoms with Gasteiger partial charge in [0.05, 0.1) is 24.0 Å². The molecule has 3 aromatic carbocycles. The molecule has 44 heavy (non-hydrogen) atoms. The number of ether oxygens (including phenoxy) is 2. The highest BCUT2D eigenvalue weighted by molar-refractivity contribution is 6.10. The first-order valence-electron chi connectivity index (χ1n) is 15.0. The standard InChI is InChI=1S/C35H34N2O7/c1-4-17-43-34(41)20-13-15-21(16-14-20)36-26(38)18-44-35(42)31(19(2)3)37-32(39)29-27-22-9-5-6-10-23(22)28(30(29)33(37)40)25-12-8-7-11-24(25)27/h5-16,19,27-31H,4,17-18H2,1-3H3,(H,36,38)/t27?,28?,29-,30-,31+/m1/s1. The number of likely N-dealkylation sites (tertiary alicyclic amines) is 1. The largest absolute Gasteiger partial charge is 0.462 e. The molecule has 9 heteroatoms. The van der Waals surface area contributed by atoms with Crippen molar-refractivity contribution in [3.63, 3.8) is 0 Å². The Labute approximate surface area is 255 Å². The Morgan fingerprint density at radius 1 is 0.773 bits per heavy atom. The van der Waals surface area contributed by atoms with Crippen molar-refractivity contribution in [3.05, 3.63) is 101 Å². The lowest BCUT2D eigenvalue weighted by molar-refractivity contribution is -0.162. The summed E-state index contributed by atoms with van der Waals surface area (Å²) in [6.07, 6.45) is 0.709. The topological polar surface area (TPSA) is 119 Å². The molecule has 0 spiro atoms. The molecule has 0 aromatic heterocycles. The molecule has 3 aromatic rings. The maximum absolute atomic E-state index is 14.1. The van der Waals surface area contributed by atoms with Crippen molar-refractivity contribution in [2.75, 3.05) is 18.5 Å². The highest BCUT2D eigenvalue weighted by Gasteiger charge is 2.63. The summed E-state index contributed by atoms with van der Waals surface area (Å²) in [4.78, 5) is 67.4. The Bertz CT molecular complexity index is 1530. The number of imide groups is 1. The van der Waals surface area contributed by atoms with Crippen LogP contribution >= 0.6 is 0 Å². The Balaban J connectivity index is 1.17. The summed E-state index contributed by atoms with van der Waals surface area (Å²) < 4.78 is 10.5. The zero-order valence-electron chi connectivity index (χ0n) is 24.8. The molecule has 0 unspecified atom stereocenters. The zero-order chi connectivity index (χ0) is 31.1. The predicted molar refractivity (Wildman–Crippen MR) is 161 cm³/mol. The number of anilines is 1. The number of rotatable bonds is 9. The molecular weight excluding hydrogens is 560 g/mol. The average molecular weight is 595 g/mol. The highest BCUT2D eigenvalue weighted by Crippen LogP contribution is 2.61. The summed E-state index contributed by atoms with van der Waals surface area (Å²) in [7, 11) is 0. The van der Waals surface area contributed by atoms with E-state index in [0.717, 1.165) is 27.2 Å². The number of hydrogen-bond donors (Lipinski definition) is 1. The Morgan fingerprint density at radius 2 is 1.27 bits per heavy atom. The van der Waals surface area contributed by atoms with E-state index in [1.54, 1.807) is 26.0 Å². The van der Waals surface area contributed by atoms with Gasteiger partial charge in [-0.25, -0.2) is 9.59 Å². The van der Waals surface area contributed by atoms with Crippen LogP contribution in [-0.2, 0) is 28.7 Å². The van der Waals surface area contributed by atoms with Crippen LogP contribution in [0.15, 0.2) is 72.8 Å². The molecule has 3 aliphatic carbocycles. The fourth-order valence-corrected chi connectivity index (χ4v) is 7.04. The number of benzene rings is 3. The third-order valence-electron chi connectivity index (χ3n) is 8.82. The molecule has 226 valence electrons. The van der Waals surface area contributed by atoms with Crippen molar-refractivity contribution in [2.24, 2.45) is 17.8 Å². The minimum Gasteiger partial charge on any atom is -0.462 e. The lowest BCUT2D eigenvalue weighted by Gasteiger charge is -2.45. The van der Waals surface area contributed by atoms with Gasteiger partial charge in [0.1, 0.15) is 6.04 Å². The van der Waals surface area contributed by atoms with Crippen molar-refractivity contribution in [1.82, 2.24) is 4.90 Å². The number of nitrogens with one attached hydrogen (secondary N) is 1. The van der Waals surface area contributed by atoms with Gasteiger partial charge in [-0.3, -0.25) is 19.3 Å². The van der Waals surface area contributed by atoms with Crippen molar-refractivity contribution in [3.8, 4) is 0 Å². The zero-order valence-corrected chi connectivity index (χ0v) is 24.8. The molecule has 9 nitrogen and oxygen atoms in total. The van der Waals surface area contributed by atoms with E-state index in [4.69, 9.17) is 9.47 Å². The molecule has 1 aliphatic heterocycles. The normalized spacial score (nSPS) is 21.8. The van der Waals surface area contributed by atoms with Gasteiger partial charge >= 0.3 is 11.9 Å². The van der Waals surface area contributed by atoms with Crippen LogP contribution < -0.4 is 5.32 Å². The monoisotopic (exact) mass is 594 g/mol. The molecule has 1 N–H and O–H groups in total. The third kappa shape index (κ3) is 4.86. The van der Waals surface area contributed by atoms with Crippen molar-refractivity contribution >= 4 is 35.3 Å². The van der Waals surface area contributed by atoms with Crippen molar-refractivity contribution in [1.29, 1.82) is 0 Å². The summed E-state index contributed by atoms with van der Waals surface area (Å²) in [6.45, 7) is 5.11. The fourth-order valence-electron chi connectivity index (χ4n) is 7.04. The summed E-state index contributed by atoms with van der Waals surface area (Å²) in [5.74, 6) is -4.86. The van der Waals surface area contributed by atoms with Gasteiger partial charge in [0.15, 0.2) is 6.61 Å². The summed E-state index contributed by atoms with van der Waals surface area (Å²) >= 11 is 0. The van der Waals surface area contributed by atoms with Gasteiger partial charge in [-0.15, -0.1) is 0 Å². The summed E-state index contributed by atoms with van der Waals surface area (Å²) in [6, 6.07) is 20.9. The lowest BCUT2D eigenvalue weighted by atomic mass is 9.55. The second-order valence-corrected chi connectivity index (χ2v) is 11.9. The number of hydrogen-bond acceptors (Lipinski definition) is 7. The van der Waals surface area contributed by atoms with E-state index in [2.05, 4.69) is 5.32 Å². The van der Waals surface area contributed by atoms with Gasteiger partial charge in [-0.05, 0) is 58.9 Å². The molecule has 1 saturated heterocycles. The summed E-state index contributed by atoms with van der Waals surface area (Å²) in [5, 5.41) is 2.63. The first-order valence-corrected chi connectivity index (χ1v) is 15.0. The van der Waals surface area contributed by atoms with E-state index >= 15 is 0 Å². The predicted octanol–water partition coefficient (Wildman–Crippen LogP) is 4.65. The third-order valence-corrected chi connectivity index (χ3v) is 8.82. The van der Waals surface area contributed by atoms with Crippen LogP contribution in [0.25, 0.3) is 0 Å². The molecule has 0 saturated carbocycles. The van der Waals surface area contributed by atoms with Gasteiger partial charge < -0.3 is 14.8 Å². The van der Waals surface area contributed by atoms with Gasteiger partial charge in [0, 0.05) is 17.5 Å². The first kappa shape index (κ1) is 29.3. The van der Waals surface area contributed by atoms with Gasteiger partial charge in [-0.1, -0.05) is 69.3 Å². The number of amides is 3. The van der Waals surface area contributed by atoms with Crippen LogP contribution in [0, 0.1) is 17.8 Å². The van der Waals surface area contributed by atoms with Crippen LogP contribution in [0.2, 0.25) is 0 Å². The van der Waals surface area contributed by atoms with E-state index in [0.29, 0.717) is 24.3 Å². The molecule has 4 aliphatic rings. The fraction of sp³-hybridized carbons (Fsp3) is 0.343. The lowest BCUT2D eigenvalue weighted by Crippen LogP contribution is -2.49. The van der Waals surface area contributed by atoms with Gasteiger partial charge in [-0.2, -0.15) is 0 Å². The van der Waals surface area contributed by atoms with E-state index in [9.17, 15) is 24.0 Å². The van der Waals surface area contributed by atoms with Gasteiger partial charge in [0.2, 0.25) is 11.8 Å². The number of carbonyl (C=O) groups is 5. The highest BCUT2D eigenvalue weighted by atomic mass is 16.5. The minimum absolute atomic E-state index is 0.284. The van der Waals surface area contributed by atoms with Crippen LogP contribution in [0.1, 0.15) is 71.6 Å². The molecule has 2 bridgehead atoms. The second-order valence-electron chi connectivity index (χ2n) is 11.9. The SMILES string of the molecule is CCCOC(=O)c1ccc(NC(=O)COC(=O)[C@H](C(C)C)N2C(=O)[C@@H]3C4c5ccccc5C(c5ccccc54)[C@H]3C2=O)cc1. The maximum Gasteiger partial charge on any atom is 0.338 e. The minimum atomic E-state index is -1.17. The quantitative estimate of drug-likeness (QED) is 0.283. The molecule has 3 atom stereocenters. The number of carbonyl (C=O) groups excluding carboxylic acids is 5. The molecule has 1 heterocycles. The van der Waals surface area contributed by atoms with E-state index in [1.807, 2.05) is 55.5 Å². The van der Waals surface area contributed by atoms with E-state index < -0.39 is 48.2 Å². The van der Waals surface area contributed by atoms with Crippen LogP contribution in [-0.4, -0.2) is 53.8 Å². The van der Waals surface area contributed by atoms with E-state index in [1.165, 1.54) is 12.1 Å². The van der Waals surface area contributed by atoms with Crippen LogP contribution in [0.5, 0.6) is 0 Å².